The first-order chi connectivity index (χ1) is 16.3. The Hall–Kier alpha value is -2.76. The maximum Gasteiger partial charge on any atom is 1.00 e. The number of benzene rings is 1. The number of nitrogens with one attached hydrogen (secondary N) is 3. The van der Waals surface area contributed by atoms with Crippen molar-refractivity contribution in [3.63, 3.8) is 0 Å². The van der Waals surface area contributed by atoms with Gasteiger partial charge in [-0.1, -0.05) is 37.3 Å². The molecule has 36 heavy (non-hydrogen) atoms. The van der Waals surface area contributed by atoms with Crippen LogP contribution in [0.2, 0.25) is 0 Å². The molecule has 3 atom stereocenters. The van der Waals surface area contributed by atoms with E-state index < -0.39 is 70.8 Å². The zero-order valence-corrected chi connectivity index (χ0v) is 22.5. The molecule has 6 N–H and O–H groups in total. The van der Waals surface area contributed by atoms with E-state index in [0.29, 0.717) is 5.56 Å². The predicted molar refractivity (Wildman–Crippen MR) is 117 cm³/mol. The number of hydrogen-bond donors (Lipinski definition) is 5. The molecule has 15 nitrogen and oxygen atoms in total. The average Bonchev–Trinajstić information content (AvgIpc) is 2.81. The van der Waals surface area contributed by atoms with Crippen LogP contribution in [0.4, 0.5) is 4.79 Å². The smallest absolute Gasteiger partial charge is 1.00 e. The second-order valence-electron chi connectivity index (χ2n) is 7.46. The van der Waals surface area contributed by atoms with Crippen LogP contribution >= 0.6 is 0 Å². The molecule has 5 amide bonds. The van der Waals surface area contributed by atoms with Gasteiger partial charge in [-0.15, -0.1) is 0 Å². The van der Waals surface area contributed by atoms with Crippen molar-refractivity contribution in [3.05, 3.63) is 35.9 Å². The van der Waals surface area contributed by atoms with Gasteiger partial charge in [0.1, 0.15) is 12.6 Å². The van der Waals surface area contributed by atoms with Crippen molar-refractivity contribution in [3.8, 4) is 0 Å². The Kier molecular flexibility index (Phi) is 11.3. The van der Waals surface area contributed by atoms with E-state index in [1.54, 1.807) is 30.3 Å². The fourth-order valence-electron chi connectivity index (χ4n) is 2.95. The van der Waals surface area contributed by atoms with E-state index in [9.17, 15) is 32.4 Å². The van der Waals surface area contributed by atoms with Gasteiger partial charge in [0.25, 0.3) is 5.91 Å². The molecule has 0 saturated carbocycles. The van der Waals surface area contributed by atoms with Crippen LogP contribution in [-0.2, 0) is 45.6 Å². The van der Waals surface area contributed by atoms with Crippen molar-refractivity contribution >= 4 is 40.0 Å². The Bertz CT molecular complexity index is 1110. The molecule has 1 saturated heterocycles. The van der Waals surface area contributed by atoms with Gasteiger partial charge in [-0.3, -0.25) is 23.7 Å². The maximum atomic E-state index is 12.6. The number of β-lactam (4-membered cyclic amide) rings is 1. The monoisotopic (exact) mass is 539 g/mol. The van der Waals surface area contributed by atoms with Crippen molar-refractivity contribution in [2.75, 3.05) is 20.2 Å². The first-order valence-corrected chi connectivity index (χ1v) is 11.4. The van der Waals surface area contributed by atoms with Crippen LogP contribution in [-0.4, -0.2) is 79.0 Å². The summed E-state index contributed by atoms with van der Waals surface area (Å²) in [4.78, 5) is 60.6. The minimum absolute atomic E-state index is 0. The number of methoxy groups -OCH3 is 1. The summed E-state index contributed by atoms with van der Waals surface area (Å²) in [5.74, 6) is -5.29. The summed E-state index contributed by atoms with van der Waals surface area (Å²) in [6, 6.07) is 7.15. The molecule has 2 rings (SSSR count). The van der Waals surface area contributed by atoms with Gasteiger partial charge in [0.15, 0.2) is 0 Å². The SMILES string of the molecule is COC1(NC(=O)CNC(=O)C(NC(=O)OCc2ccccc2)C(C)C(N)=O)CN(S(=O)(=O)O)C1=O.[H-].[Na+]. The van der Waals surface area contributed by atoms with Gasteiger partial charge in [0.05, 0.1) is 19.0 Å². The van der Waals surface area contributed by atoms with Crippen LogP contribution in [0, 0.1) is 5.92 Å². The van der Waals surface area contributed by atoms with Gasteiger partial charge in [0, 0.05) is 7.11 Å². The summed E-state index contributed by atoms with van der Waals surface area (Å²) in [6.07, 6.45) is -1.02. The van der Waals surface area contributed by atoms with Crippen LogP contribution < -0.4 is 51.2 Å². The number of carbonyl (C=O) groups excluding carboxylic acids is 5. The van der Waals surface area contributed by atoms with Gasteiger partial charge < -0.3 is 32.6 Å². The number of ether oxygens (including phenoxy) is 2. The van der Waals surface area contributed by atoms with Crippen molar-refractivity contribution < 1.29 is 77.4 Å². The van der Waals surface area contributed by atoms with E-state index in [4.69, 9.17) is 19.8 Å². The molecule has 0 aliphatic carbocycles. The van der Waals surface area contributed by atoms with E-state index in [1.165, 1.54) is 6.92 Å². The third-order valence-electron chi connectivity index (χ3n) is 5.05. The summed E-state index contributed by atoms with van der Waals surface area (Å²) >= 11 is 0. The second kappa shape index (κ2) is 13.0. The third-order valence-corrected chi connectivity index (χ3v) is 5.90. The standard InChI is InChI=1S/C19H25N5O10S.Na.H/c1-11(15(20)26)14(22-18(29)34-9-12-6-4-3-5-7-12)16(27)21-8-13(25)23-19(33-2)10-24(17(19)28)35(30,31)32;;/h3-7,11,14H,8-10H2,1-2H3,(H2,20,26)(H,21,27)(H,22,29)(H,23,25)(H,30,31,32);;/q;+1;-1. The summed E-state index contributed by atoms with van der Waals surface area (Å²) in [7, 11) is -3.81. The minimum atomic E-state index is -4.83. The Morgan fingerprint density at radius 1 is 1.25 bits per heavy atom. The number of amides is 5. The van der Waals surface area contributed by atoms with Crippen molar-refractivity contribution in [2.45, 2.75) is 25.3 Å². The van der Waals surface area contributed by atoms with Crippen LogP contribution in [0.15, 0.2) is 30.3 Å². The Balaban J connectivity index is 0.00000648. The molecule has 1 aromatic rings. The summed E-state index contributed by atoms with van der Waals surface area (Å²) in [6.45, 7) is -0.272. The molecule has 3 unspecified atom stereocenters. The van der Waals surface area contributed by atoms with Gasteiger partial charge in [-0.2, -0.15) is 8.42 Å². The van der Waals surface area contributed by atoms with Crippen LogP contribution in [0.5, 0.6) is 0 Å². The first-order valence-electron chi connectivity index (χ1n) is 10.0. The molecule has 0 radical (unpaired) electrons. The molecule has 0 spiro atoms. The second-order valence-corrected chi connectivity index (χ2v) is 8.80. The number of carbonyl (C=O) groups is 5. The molecule has 1 aromatic carbocycles. The number of alkyl carbamates (subject to hydrolysis) is 1. The largest absolute Gasteiger partial charge is 1.00 e. The fraction of sp³-hybridized carbons (Fsp3) is 0.421. The van der Waals surface area contributed by atoms with E-state index in [-0.39, 0.29) is 41.9 Å². The van der Waals surface area contributed by atoms with E-state index in [1.807, 2.05) is 0 Å². The van der Waals surface area contributed by atoms with Crippen LogP contribution in [0.25, 0.3) is 0 Å². The van der Waals surface area contributed by atoms with Gasteiger partial charge in [0.2, 0.25) is 23.4 Å². The van der Waals surface area contributed by atoms with E-state index in [2.05, 4.69) is 16.0 Å². The normalized spacial score (nSPS) is 18.5. The fourth-order valence-corrected chi connectivity index (χ4v) is 3.66. The van der Waals surface area contributed by atoms with Gasteiger partial charge in [-0.25, -0.2) is 9.10 Å². The summed E-state index contributed by atoms with van der Waals surface area (Å²) in [5, 5.41) is 6.50. The summed E-state index contributed by atoms with van der Waals surface area (Å²) in [5.41, 5.74) is 3.86. The average molecular weight is 539 g/mol. The van der Waals surface area contributed by atoms with Crippen LogP contribution in [0.3, 0.4) is 0 Å². The van der Waals surface area contributed by atoms with E-state index in [0.717, 1.165) is 7.11 Å². The molecule has 1 aliphatic heterocycles. The molecule has 17 heteroatoms. The number of nitrogens with two attached hydrogens (primary N) is 1. The molecule has 1 heterocycles. The Morgan fingerprint density at radius 2 is 1.86 bits per heavy atom. The number of hydrogen-bond acceptors (Lipinski definition) is 9. The molecule has 194 valence electrons. The zero-order valence-electron chi connectivity index (χ0n) is 20.7. The van der Waals surface area contributed by atoms with Crippen molar-refractivity contribution in [2.24, 2.45) is 11.7 Å². The van der Waals surface area contributed by atoms with Crippen LogP contribution in [0.1, 0.15) is 13.9 Å². The Morgan fingerprint density at radius 3 is 2.36 bits per heavy atom. The third kappa shape index (κ3) is 7.87. The van der Waals surface area contributed by atoms with Gasteiger partial charge in [-0.05, 0) is 5.56 Å². The van der Waals surface area contributed by atoms with E-state index >= 15 is 0 Å². The number of nitrogens with zero attached hydrogens (tertiary/aromatic N) is 1. The quantitative estimate of drug-likeness (QED) is 0.0777. The molecular weight excluding hydrogens is 513 g/mol. The summed E-state index contributed by atoms with van der Waals surface area (Å²) < 4.78 is 41.1. The van der Waals surface area contributed by atoms with Crippen molar-refractivity contribution in [1.82, 2.24) is 20.3 Å². The minimum Gasteiger partial charge on any atom is -1.00 e. The molecule has 0 aromatic heterocycles. The topological polar surface area (TPSA) is 224 Å². The molecule has 1 fully saturated rings. The number of rotatable bonds is 11. The molecular formula is C19H26N5NaO10S. The molecule has 0 bridgehead atoms. The van der Waals surface area contributed by atoms with Crippen molar-refractivity contribution in [1.29, 1.82) is 0 Å². The Labute approximate surface area is 230 Å². The maximum absolute atomic E-state index is 12.6. The first kappa shape index (κ1) is 31.3. The van der Waals surface area contributed by atoms with Gasteiger partial charge >= 0.3 is 46.0 Å². The zero-order chi connectivity index (χ0) is 26.4. The number of primary amides is 1. The predicted octanol–water partition coefficient (Wildman–Crippen LogP) is -5.26. The molecule has 1 aliphatic rings.